The number of alkyl halides is 3. The Hall–Kier alpha value is -5.53. The Morgan fingerprint density at radius 1 is 0.950 bits per heavy atom. The number of carbonyl (C=O) groups is 2. The first-order valence-electron chi connectivity index (χ1n) is 11.7. The number of aromatic nitrogens is 5. The number of nitrogens with zero attached hydrogens (tertiary/aromatic N) is 6. The molecule has 40 heavy (non-hydrogen) atoms. The number of urea groups is 1. The number of carbonyl (C=O) groups excluding carboxylic acids is 2. The third-order valence-corrected chi connectivity index (χ3v) is 5.41. The number of rotatable bonds is 7. The van der Waals surface area contributed by atoms with Crippen LogP contribution in [0.1, 0.15) is 21.7 Å². The van der Waals surface area contributed by atoms with E-state index in [0.717, 1.165) is 12.1 Å². The molecule has 0 radical (unpaired) electrons. The summed E-state index contributed by atoms with van der Waals surface area (Å²) in [7, 11) is 0. The van der Waals surface area contributed by atoms with Crippen molar-refractivity contribution < 1.29 is 32.0 Å². The van der Waals surface area contributed by atoms with Gasteiger partial charge < -0.3 is 20.5 Å². The molecule has 0 saturated heterocycles. The summed E-state index contributed by atoms with van der Waals surface area (Å²) < 4.78 is 48.6. The third-order valence-electron chi connectivity index (χ3n) is 5.41. The van der Waals surface area contributed by atoms with Gasteiger partial charge >= 0.3 is 6.18 Å². The molecule has 0 spiro atoms. The Kier molecular flexibility index (Phi) is 7.22. The molecule has 0 saturated carbocycles. The van der Waals surface area contributed by atoms with Crippen molar-refractivity contribution in [1.29, 1.82) is 0 Å². The number of pyridine rings is 1. The lowest BCUT2D eigenvalue weighted by molar-refractivity contribution is -0.755. The lowest BCUT2D eigenvalue weighted by atomic mass is 10.1. The summed E-state index contributed by atoms with van der Waals surface area (Å²) in [5.41, 5.74) is -0.189. The van der Waals surface area contributed by atoms with Gasteiger partial charge in [0.2, 0.25) is 18.6 Å². The molecule has 3 amide bonds. The van der Waals surface area contributed by atoms with E-state index in [-0.39, 0.29) is 29.5 Å². The third kappa shape index (κ3) is 6.30. The van der Waals surface area contributed by atoms with Crippen LogP contribution in [0, 0.1) is 0 Å². The SMILES string of the molecule is O=C([N-]c1c[n+](Cc2ccccn2)no1)Nc1cc(NC(=O)c2ccnn2-c2ccccc2)cc(C(F)(F)F)c1. The molecule has 3 heterocycles. The first-order valence-corrected chi connectivity index (χ1v) is 11.7. The van der Waals surface area contributed by atoms with Crippen molar-refractivity contribution in [2.24, 2.45) is 0 Å². The lowest BCUT2D eigenvalue weighted by Crippen LogP contribution is -2.35. The zero-order valence-electron chi connectivity index (χ0n) is 20.4. The van der Waals surface area contributed by atoms with Crippen LogP contribution in [0.3, 0.4) is 0 Å². The van der Waals surface area contributed by atoms with Gasteiger partial charge in [-0.05, 0) is 58.9 Å². The summed E-state index contributed by atoms with van der Waals surface area (Å²) in [5, 5.41) is 16.2. The Balaban J connectivity index is 1.31. The standard InChI is InChI=1S/C26H19F3N8O3/c27-26(28,29)17-12-19(32-24(38)22-9-11-31-37(22)21-7-2-1-3-8-21)14-20(13-17)33-25(39)34-23-16-36(35-40-23)15-18-6-4-5-10-30-18/h1-14,16H,15H2,(H2-,32,33,34,35,38,39). The van der Waals surface area contributed by atoms with Crippen molar-refractivity contribution in [1.82, 2.24) is 20.0 Å². The van der Waals surface area contributed by atoms with E-state index in [0.29, 0.717) is 11.4 Å². The number of amides is 3. The van der Waals surface area contributed by atoms with Gasteiger partial charge in [0.05, 0.1) is 17.4 Å². The summed E-state index contributed by atoms with van der Waals surface area (Å²) in [5.74, 6) is -0.884. The summed E-state index contributed by atoms with van der Waals surface area (Å²) >= 11 is 0. The van der Waals surface area contributed by atoms with Crippen LogP contribution in [0.5, 0.6) is 0 Å². The van der Waals surface area contributed by atoms with Gasteiger partial charge in [-0.2, -0.15) is 18.3 Å². The van der Waals surface area contributed by atoms with Gasteiger partial charge in [0.15, 0.2) is 11.3 Å². The van der Waals surface area contributed by atoms with E-state index < -0.39 is 23.7 Å². The fraction of sp³-hybridized carbons (Fsp3) is 0.0769. The minimum Gasteiger partial charge on any atom is -0.424 e. The maximum atomic E-state index is 13.6. The maximum Gasteiger partial charge on any atom is 0.416 e. The first kappa shape index (κ1) is 26.1. The normalized spacial score (nSPS) is 11.2. The summed E-state index contributed by atoms with van der Waals surface area (Å²) in [6, 6.07) is 17.1. The van der Waals surface area contributed by atoms with Crippen LogP contribution in [-0.2, 0) is 12.7 Å². The molecule has 202 valence electrons. The van der Waals surface area contributed by atoms with Gasteiger partial charge in [-0.25, -0.2) is 4.68 Å². The fourth-order valence-electron chi connectivity index (χ4n) is 3.68. The molecule has 0 aliphatic heterocycles. The van der Waals surface area contributed by atoms with Crippen LogP contribution < -0.4 is 15.3 Å². The molecule has 5 aromatic rings. The smallest absolute Gasteiger partial charge is 0.416 e. The zero-order chi connectivity index (χ0) is 28.1. The fourth-order valence-corrected chi connectivity index (χ4v) is 3.68. The van der Waals surface area contributed by atoms with E-state index in [1.165, 1.54) is 33.9 Å². The zero-order valence-corrected chi connectivity index (χ0v) is 20.4. The molecule has 0 unspecified atom stereocenters. The summed E-state index contributed by atoms with van der Waals surface area (Å²) in [6.07, 6.45) is -0.421. The molecule has 14 heteroatoms. The molecule has 11 nitrogen and oxygen atoms in total. The Bertz CT molecular complexity index is 1640. The number of anilines is 2. The van der Waals surface area contributed by atoms with Crippen molar-refractivity contribution >= 4 is 29.2 Å². The predicted octanol–water partition coefficient (Wildman–Crippen LogP) is 5.10. The lowest BCUT2D eigenvalue weighted by Gasteiger charge is -2.18. The van der Waals surface area contributed by atoms with E-state index in [1.54, 1.807) is 54.7 Å². The van der Waals surface area contributed by atoms with E-state index in [2.05, 4.69) is 31.3 Å². The highest BCUT2D eigenvalue weighted by atomic mass is 19.4. The quantitative estimate of drug-likeness (QED) is 0.272. The first-order chi connectivity index (χ1) is 19.2. The predicted molar refractivity (Wildman–Crippen MR) is 135 cm³/mol. The highest BCUT2D eigenvalue weighted by Gasteiger charge is 2.31. The number of nitrogens with one attached hydrogen (secondary N) is 2. The van der Waals surface area contributed by atoms with Crippen molar-refractivity contribution in [3.63, 3.8) is 0 Å². The highest BCUT2D eigenvalue weighted by Crippen LogP contribution is 2.34. The van der Waals surface area contributed by atoms with Crippen molar-refractivity contribution in [3.05, 3.63) is 114 Å². The van der Waals surface area contributed by atoms with Crippen molar-refractivity contribution in [2.75, 3.05) is 10.6 Å². The van der Waals surface area contributed by atoms with Gasteiger partial charge in [0.25, 0.3) is 5.91 Å². The van der Waals surface area contributed by atoms with Crippen LogP contribution in [0.4, 0.5) is 35.2 Å². The Morgan fingerprint density at radius 3 is 2.42 bits per heavy atom. The number of hydrogen-bond donors (Lipinski definition) is 2. The van der Waals surface area contributed by atoms with Crippen LogP contribution in [0.25, 0.3) is 11.0 Å². The summed E-state index contributed by atoms with van der Waals surface area (Å²) in [6.45, 7) is 0.251. The van der Waals surface area contributed by atoms with E-state index in [9.17, 15) is 22.8 Å². The molecular weight excluding hydrogens is 529 g/mol. The Labute approximate surface area is 224 Å². The van der Waals surface area contributed by atoms with Crippen LogP contribution in [0.2, 0.25) is 0 Å². The molecule has 3 aromatic heterocycles. The number of halogens is 3. The molecule has 2 aromatic carbocycles. The molecule has 5 rings (SSSR count). The van der Waals surface area contributed by atoms with Gasteiger partial charge in [-0.3, -0.25) is 14.6 Å². The van der Waals surface area contributed by atoms with Crippen LogP contribution in [0.15, 0.2) is 95.9 Å². The van der Waals surface area contributed by atoms with E-state index in [1.807, 2.05) is 0 Å². The largest absolute Gasteiger partial charge is 0.424 e. The highest BCUT2D eigenvalue weighted by molar-refractivity contribution is 6.05. The van der Waals surface area contributed by atoms with Crippen molar-refractivity contribution in [2.45, 2.75) is 12.7 Å². The monoisotopic (exact) mass is 548 g/mol. The maximum absolute atomic E-state index is 13.6. The second kappa shape index (κ2) is 11.1. The van der Waals surface area contributed by atoms with Gasteiger partial charge in [-0.15, -0.1) is 0 Å². The molecule has 0 aliphatic carbocycles. The average molecular weight is 548 g/mol. The van der Waals surface area contributed by atoms with Gasteiger partial charge in [-0.1, -0.05) is 24.3 Å². The molecular formula is C26H19F3N8O3. The molecule has 0 bridgehead atoms. The van der Waals surface area contributed by atoms with Crippen molar-refractivity contribution in [3.8, 4) is 5.69 Å². The minimum absolute atomic E-state index is 0.0912. The second-order valence-electron chi connectivity index (χ2n) is 8.32. The van der Waals surface area contributed by atoms with Gasteiger partial charge in [0, 0.05) is 11.9 Å². The van der Waals surface area contributed by atoms with Crippen LogP contribution >= 0.6 is 0 Å². The average Bonchev–Trinajstić information content (AvgIpc) is 3.59. The Morgan fingerprint density at radius 2 is 1.70 bits per heavy atom. The molecule has 0 atom stereocenters. The number of benzene rings is 2. The number of para-hydroxylation sites is 1. The van der Waals surface area contributed by atoms with Crippen LogP contribution in [-0.4, -0.2) is 32.0 Å². The number of hydrogen-bond acceptors (Lipinski definition) is 6. The topological polar surface area (TPSA) is 133 Å². The summed E-state index contributed by atoms with van der Waals surface area (Å²) in [4.78, 5) is 29.6. The minimum atomic E-state index is -4.76. The molecule has 2 N–H and O–H groups in total. The van der Waals surface area contributed by atoms with Gasteiger partial charge in [0.1, 0.15) is 11.4 Å². The van der Waals surface area contributed by atoms with E-state index >= 15 is 0 Å². The van der Waals surface area contributed by atoms with E-state index in [4.69, 9.17) is 4.52 Å². The second-order valence-corrected chi connectivity index (χ2v) is 8.32. The molecule has 0 fully saturated rings. The molecule has 0 aliphatic rings.